The molecule has 3 aromatic carbocycles. The standard InChI is InChI=1S/C23H17ClF2N2O2/c24-16-9-5-14(6-10-16)19-13-20-18-3-1-2-4-21(18)30-22(28(20)27-19)15-7-11-17(12-8-15)29-23(25)26/h1-12,20,22-23H,13H2/t20-,22+/m1/s1. The molecule has 3 aromatic rings. The van der Waals surface area contributed by atoms with Gasteiger partial charge in [0.1, 0.15) is 11.5 Å². The summed E-state index contributed by atoms with van der Waals surface area (Å²) < 4.78 is 35.7. The Kier molecular flexibility index (Phi) is 4.79. The second-order valence-electron chi connectivity index (χ2n) is 7.11. The lowest BCUT2D eigenvalue weighted by molar-refractivity contribution is -0.0499. The lowest BCUT2D eigenvalue weighted by atomic mass is 9.96. The van der Waals surface area contributed by atoms with Crippen molar-refractivity contribution in [2.24, 2.45) is 5.10 Å². The highest BCUT2D eigenvalue weighted by atomic mass is 35.5. The smallest absolute Gasteiger partial charge is 0.387 e. The van der Waals surface area contributed by atoms with Crippen LogP contribution in [0.2, 0.25) is 5.02 Å². The van der Waals surface area contributed by atoms with Gasteiger partial charge in [-0.25, -0.2) is 5.01 Å². The molecule has 152 valence electrons. The lowest BCUT2D eigenvalue weighted by Gasteiger charge is -2.38. The third-order valence-electron chi connectivity index (χ3n) is 5.27. The van der Waals surface area contributed by atoms with Gasteiger partial charge in [0.05, 0.1) is 11.8 Å². The zero-order valence-corrected chi connectivity index (χ0v) is 16.5. The summed E-state index contributed by atoms with van der Waals surface area (Å²) in [6.45, 7) is -2.86. The molecule has 0 unspecified atom stereocenters. The van der Waals surface area contributed by atoms with Crippen molar-refractivity contribution in [3.05, 3.63) is 94.5 Å². The molecule has 0 radical (unpaired) electrons. The fourth-order valence-electron chi connectivity index (χ4n) is 3.88. The van der Waals surface area contributed by atoms with Crippen LogP contribution in [0.15, 0.2) is 77.9 Å². The molecule has 0 saturated heterocycles. The van der Waals surface area contributed by atoms with Crippen molar-refractivity contribution >= 4 is 17.3 Å². The highest BCUT2D eigenvalue weighted by Gasteiger charge is 2.40. The molecular weight excluding hydrogens is 410 g/mol. The first-order valence-electron chi connectivity index (χ1n) is 9.50. The van der Waals surface area contributed by atoms with E-state index in [1.165, 1.54) is 12.1 Å². The summed E-state index contributed by atoms with van der Waals surface area (Å²) in [6, 6.07) is 22.0. The number of halogens is 3. The first-order chi connectivity index (χ1) is 14.6. The summed E-state index contributed by atoms with van der Waals surface area (Å²) >= 11 is 6.03. The largest absolute Gasteiger partial charge is 0.464 e. The van der Waals surface area contributed by atoms with E-state index in [-0.39, 0.29) is 11.8 Å². The van der Waals surface area contributed by atoms with Gasteiger partial charge in [0.25, 0.3) is 0 Å². The van der Waals surface area contributed by atoms with E-state index in [4.69, 9.17) is 21.4 Å². The first-order valence-corrected chi connectivity index (χ1v) is 9.88. The highest BCUT2D eigenvalue weighted by molar-refractivity contribution is 6.30. The number of ether oxygens (including phenoxy) is 2. The van der Waals surface area contributed by atoms with Crippen molar-refractivity contribution in [1.29, 1.82) is 0 Å². The number of hydrogen-bond donors (Lipinski definition) is 0. The number of benzene rings is 3. The van der Waals surface area contributed by atoms with Crippen LogP contribution in [-0.2, 0) is 0 Å². The van der Waals surface area contributed by atoms with Crippen molar-refractivity contribution in [1.82, 2.24) is 5.01 Å². The summed E-state index contributed by atoms with van der Waals surface area (Å²) in [6.07, 6.45) is 0.251. The molecule has 30 heavy (non-hydrogen) atoms. The Labute approximate surface area is 177 Å². The number of hydrazone groups is 1. The van der Waals surface area contributed by atoms with Crippen molar-refractivity contribution in [3.63, 3.8) is 0 Å². The summed E-state index contributed by atoms with van der Waals surface area (Å²) in [4.78, 5) is 0. The minimum Gasteiger partial charge on any atom is -0.464 e. The van der Waals surface area contributed by atoms with Gasteiger partial charge in [0.2, 0.25) is 6.23 Å². The number of nitrogens with zero attached hydrogens (tertiary/aromatic N) is 2. The minimum atomic E-state index is -2.86. The summed E-state index contributed by atoms with van der Waals surface area (Å²) in [5, 5.41) is 7.48. The van der Waals surface area contributed by atoms with Crippen LogP contribution in [0, 0.1) is 0 Å². The average molecular weight is 427 g/mol. The second kappa shape index (κ2) is 7.61. The molecule has 0 aliphatic carbocycles. The molecule has 0 saturated carbocycles. The van der Waals surface area contributed by atoms with Crippen LogP contribution in [0.3, 0.4) is 0 Å². The van der Waals surface area contributed by atoms with Gasteiger partial charge in [0.15, 0.2) is 0 Å². The van der Waals surface area contributed by atoms with E-state index in [1.807, 2.05) is 53.5 Å². The molecule has 0 amide bonds. The van der Waals surface area contributed by atoms with Gasteiger partial charge >= 0.3 is 6.61 Å². The molecule has 2 heterocycles. The number of alkyl halides is 2. The molecule has 2 atom stereocenters. The predicted octanol–water partition coefficient (Wildman–Crippen LogP) is 6.18. The van der Waals surface area contributed by atoms with Gasteiger partial charge in [-0.05, 0) is 48.0 Å². The summed E-state index contributed by atoms with van der Waals surface area (Å²) in [5.41, 5.74) is 3.82. The first kappa shape index (κ1) is 18.9. The maximum Gasteiger partial charge on any atom is 0.387 e. The zero-order chi connectivity index (χ0) is 20.7. The molecule has 2 aliphatic heterocycles. The molecule has 4 nitrogen and oxygen atoms in total. The molecule has 0 N–H and O–H groups in total. The fraction of sp³-hybridized carbons (Fsp3) is 0.174. The second-order valence-corrected chi connectivity index (χ2v) is 7.55. The van der Waals surface area contributed by atoms with Crippen LogP contribution in [0.1, 0.15) is 35.4 Å². The Hall–Kier alpha value is -3.12. The van der Waals surface area contributed by atoms with Crippen LogP contribution < -0.4 is 9.47 Å². The Morgan fingerprint density at radius 2 is 1.73 bits per heavy atom. The Morgan fingerprint density at radius 1 is 1.00 bits per heavy atom. The molecule has 7 heteroatoms. The topological polar surface area (TPSA) is 34.1 Å². The third-order valence-corrected chi connectivity index (χ3v) is 5.52. The SMILES string of the molecule is FC(F)Oc1ccc([C@@H]2Oc3ccccc3[C@H]3CC(c4ccc(Cl)cc4)=NN32)cc1. The lowest BCUT2D eigenvalue weighted by Crippen LogP contribution is -2.33. The van der Waals surface area contributed by atoms with Gasteiger partial charge < -0.3 is 9.47 Å². The number of fused-ring (bicyclic) bond motifs is 3. The van der Waals surface area contributed by atoms with E-state index < -0.39 is 12.8 Å². The van der Waals surface area contributed by atoms with E-state index in [0.29, 0.717) is 5.02 Å². The number of rotatable bonds is 4. The Balaban J connectivity index is 1.51. The molecule has 0 spiro atoms. The normalized spacial score (nSPS) is 19.7. The molecule has 0 bridgehead atoms. The summed E-state index contributed by atoms with van der Waals surface area (Å²) in [7, 11) is 0. The zero-order valence-electron chi connectivity index (χ0n) is 15.7. The molecular formula is C23H17ClF2N2O2. The molecule has 0 fully saturated rings. The van der Waals surface area contributed by atoms with E-state index in [2.05, 4.69) is 4.74 Å². The van der Waals surface area contributed by atoms with Crippen molar-refractivity contribution in [2.75, 3.05) is 0 Å². The Morgan fingerprint density at radius 3 is 2.47 bits per heavy atom. The molecule has 2 aliphatic rings. The predicted molar refractivity (Wildman–Crippen MR) is 110 cm³/mol. The van der Waals surface area contributed by atoms with Crippen LogP contribution >= 0.6 is 11.6 Å². The molecule has 5 rings (SSSR count). The van der Waals surface area contributed by atoms with Crippen LogP contribution in [-0.4, -0.2) is 17.3 Å². The van der Waals surface area contributed by atoms with Crippen LogP contribution in [0.5, 0.6) is 11.5 Å². The van der Waals surface area contributed by atoms with Crippen molar-refractivity contribution in [3.8, 4) is 11.5 Å². The van der Waals surface area contributed by atoms with Crippen LogP contribution in [0.25, 0.3) is 0 Å². The number of hydrogen-bond acceptors (Lipinski definition) is 4. The maximum absolute atomic E-state index is 12.5. The van der Waals surface area contributed by atoms with E-state index in [9.17, 15) is 8.78 Å². The fourth-order valence-corrected chi connectivity index (χ4v) is 4.01. The maximum atomic E-state index is 12.5. The minimum absolute atomic E-state index is 0.0163. The van der Waals surface area contributed by atoms with Crippen molar-refractivity contribution < 1.29 is 18.3 Å². The molecule has 0 aromatic heterocycles. The number of para-hydroxylation sites is 1. The Bertz CT molecular complexity index is 1090. The van der Waals surface area contributed by atoms with Gasteiger partial charge in [-0.1, -0.05) is 41.9 Å². The quantitative estimate of drug-likeness (QED) is 0.499. The third kappa shape index (κ3) is 3.48. The van der Waals surface area contributed by atoms with Crippen LogP contribution in [0.4, 0.5) is 8.78 Å². The van der Waals surface area contributed by atoms with E-state index >= 15 is 0 Å². The van der Waals surface area contributed by atoms with E-state index in [1.54, 1.807) is 12.1 Å². The van der Waals surface area contributed by atoms with Gasteiger partial charge in [-0.3, -0.25) is 0 Å². The average Bonchev–Trinajstić information content (AvgIpc) is 3.20. The van der Waals surface area contributed by atoms with Crippen molar-refractivity contribution in [2.45, 2.75) is 25.3 Å². The van der Waals surface area contributed by atoms with E-state index in [0.717, 1.165) is 34.6 Å². The van der Waals surface area contributed by atoms with Gasteiger partial charge in [0, 0.05) is 22.6 Å². The highest BCUT2D eigenvalue weighted by Crippen LogP contribution is 2.47. The monoisotopic (exact) mass is 426 g/mol. The summed E-state index contributed by atoms with van der Waals surface area (Å²) in [5.74, 6) is 0.900. The van der Waals surface area contributed by atoms with Gasteiger partial charge in [-0.2, -0.15) is 13.9 Å². The van der Waals surface area contributed by atoms with Gasteiger partial charge in [-0.15, -0.1) is 0 Å².